The largest absolute Gasteiger partial charge is 0.435 e. The van der Waals surface area contributed by atoms with Crippen LogP contribution in [0.15, 0.2) is 36.7 Å². The molecule has 19 heavy (non-hydrogen) atoms. The highest BCUT2D eigenvalue weighted by Crippen LogP contribution is 2.29. The lowest BCUT2D eigenvalue weighted by atomic mass is 10.2. The Morgan fingerprint density at radius 3 is 2.89 bits per heavy atom. The Bertz CT molecular complexity index is 748. The van der Waals surface area contributed by atoms with Gasteiger partial charge in [0, 0.05) is 12.4 Å². The van der Waals surface area contributed by atoms with E-state index in [0.29, 0.717) is 17.3 Å². The Kier molecular flexibility index (Phi) is 2.59. The third-order valence-electron chi connectivity index (χ3n) is 2.85. The van der Waals surface area contributed by atoms with Crippen LogP contribution in [0.1, 0.15) is 11.3 Å². The second kappa shape index (κ2) is 4.28. The van der Waals surface area contributed by atoms with Gasteiger partial charge >= 0.3 is 0 Å². The molecule has 0 aliphatic heterocycles. The highest BCUT2D eigenvalue weighted by atomic mass is 16.5. The second-order valence-electron chi connectivity index (χ2n) is 4.49. The molecule has 0 unspecified atom stereocenters. The average molecular weight is 254 g/mol. The molecule has 0 spiro atoms. The minimum absolute atomic E-state index is 0.500. The van der Waals surface area contributed by atoms with E-state index in [4.69, 9.17) is 10.5 Å². The van der Waals surface area contributed by atoms with Crippen molar-refractivity contribution in [3.8, 4) is 11.6 Å². The number of nitrogens with two attached hydrogens (primary N) is 1. The van der Waals surface area contributed by atoms with E-state index in [-0.39, 0.29) is 0 Å². The van der Waals surface area contributed by atoms with Crippen LogP contribution in [0.3, 0.4) is 0 Å². The van der Waals surface area contributed by atoms with E-state index in [1.807, 2.05) is 38.1 Å². The van der Waals surface area contributed by atoms with Crippen LogP contribution in [0.25, 0.3) is 5.52 Å². The van der Waals surface area contributed by atoms with Crippen molar-refractivity contribution >= 4 is 11.2 Å². The van der Waals surface area contributed by atoms with E-state index in [2.05, 4.69) is 10.1 Å². The van der Waals surface area contributed by atoms with Crippen molar-refractivity contribution in [2.75, 3.05) is 5.73 Å². The molecule has 0 bridgehead atoms. The summed E-state index contributed by atoms with van der Waals surface area (Å²) in [6.45, 7) is 3.92. The Balaban J connectivity index is 2.08. The Hall–Kier alpha value is -2.56. The SMILES string of the molecule is Cc1ccc(N)c(Oc2nccn3nc(C)cc23)c1. The Labute approximate surface area is 110 Å². The molecule has 5 nitrogen and oxygen atoms in total. The van der Waals surface area contributed by atoms with Crippen LogP contribution in [-0.4, -0.2) is 14.6 Å². The number of benzene rings is 1. The van der Waals surface area contributed by atoms with Crippen LogP contribution in [0, 0.1) is 13.8 Å². The monoisotopic (exact) mass is 254 g/mol. The lowest BCUT2D eigenvalue weighted by molar-refractivity contribution is 0.467. The molecule has 0 aliphatic carbocycles. The molecule has 0 atom stereocenters. The molecule has 2 heterocycles. The number of nitrogen functional groups attached to an aromatic ring is 1. The minimum atomic E-state index is 0.500. The number of aryl methyl sites for hydroxylation is 2. The summed E-state index contributed by atoms with van der Waals surface area (Å²) in [6, 6.07) is 7.59. The molecule has 0 radical (unpaired) electrons. The van der Waals surface area contributed by atoms with Crippen molar-refractivity contribution in [3.05, 3.63) is 47.9 Å². The molecule has 1 aromatic carbocycles. The van der Waals surface area contributed by atoms with Gasteiger partial charge in [-0.2, -0.15) is 5.10 Å². The lowest BCUT2D eigenvalue weighted by Crippen LogP contribution is -1.97. The molecule has 3 rings (SSSR count). The van der Waals surface area contributed by atoms with Gasteiger partial charge in [0.1, 0.15) is 5.52 Å². The highest BCUT2D eigenvalue weighted by molar-refractivity contribution is 5.61. The van der Waals surface area contributed by atoms with Crippen molar-refractivity contribution < 1.29 is 4.74 Å². The topological polar surface area (TPSA) is 65.4 Å². The Morgan fingerprint density at radius 2 is 2.05 bits per heavy atom. The number of nitrogens with zero attached hydrogens (tertiary/aromatic N) is 3. The fourth-order valence-electron chi connectivity index (χ4n) is 1.93. The normalized spacial score (nSPS) is 10.8. The van der Waals surface area contributed by atoms with Gasteiger partial charge in [0.2, 0.25) is 5.88 Å². The molecular formula is C14H14N4O. The highest BCUT2D eigenvalue weighted by Gasteiger charge is 2.09. The molecule has 3 aromatic rings. The molecule has 2 N–H and O–H groups in total. The summed E-state index contributed by atoms with van der Waals surface area (Å²) in [5, 5.41) is 4.32. The quantitative estimate of drug-likeness (QED) is 0.714. The first kappa shape index (κ1) is 11.5. The molecule has 0 aliphatic rings. The molecular weight excluding hydrogens is 240 g/mol. The van der Waals surface area contributed by atoms with E-state index in [1.54, 1.807) is 16.9 Å². The van der Waals surface area contributed by atoms with Gasteiger partial charge in [-0.1, -0.05) is 6.07 Å². The zero-order valence-electron chi connectivity index (χ0n) is 10.8. The van der Waals surface area contributed by atoms with Crippen molar-refractivity contribution in [2.24, 2.45) is 0 Å². The summed E-state index contributed by atoms with van der Waals surface area (Å²) in [5.74, 6) is 1.11. The summed E-state index contributed by atoms with van der Waals surface area (Å²) >= 11 is 0. The molecule has 2 aromatic heterocycles. The lowest BCUT2D eigenvalue weighted by Gasteiger charge is -2.09. The number of hydrogen-bond donors (Lipinski definition) is 1. The fraction of sp³-hybridized carbons (Fsp3) is 0.143. The summed E-state index contributed by atoms with van der Waals surface area (Å²) in [7, 11) is 0. The number of ether oxygens (including phenoxy) is 1. The van der Waals surface area contributed by atoms with Crippen molar-refractivity contribution in [1.82, 2.24) is 14.6 Å². The average Bonchev–Trinajstić information content (AvgIpc) is 2.75. The molecule has 0 amide bonds. The van der Waals surface area contributed by atoms with Gasteiger partial charge in [-0.05, 0) is 37.6 Å². The third kappa shape index (κ3) is 2.10. The van der Waals surface area contributed by atoms with E-state index in [0.717, 1.165) is 16.8 Å². The smallest absolute Gasteiger partial charge is 0.245 e. The predicted molar refractivity (Wildman–Crippen MR) is 73.4 cm³/mol. The van der Waals surface area contributed by atoms with Crippen LogP contribution >= 0.6 is 0 Å². The standard InChI is InChI=1S/C14H14N4O/c1-9-3-4-11(15)13(7-9)19-14-12-8-10(2)17-18(12)6-5-16-14/h3-8H,15H2,1-2H3. The second-order valence-corrected chi connectivity index (χ2v) is 4.49. The van der Waals surface area contributed by atoms with Crippen molar-refractivity contribution in [1.29, 1.82) is 0 Å². The van der Waals surface area contributed by atoms with Gasteiger partial charge in [0.25, 0.3) is 0 Å². The van der Waals surface area contributed by atoms with E-state index >= 15 is 0 Å². The minimum Gasteiger partial charge on any atom is -0.435 e. The van der Waals surface area contributed by atoms with Crippen LogP contribution in [0.4, 0.5) is 5.69 Å². The van der Waals surface area contributed by atoms with Gasteiger partial charge in [0.15, 0.2) is 5.75 Å². The maximum atomic E-state index is 5.91. The number of hydrogen-bond acceptors (Lipinski definition) is 4. The molecule has 0 fully saturated rings. The van der Waals surface area contributed by atoms with Crippen LogP contribution in [-0.2, 0) is 0 Å². The predicted octanol–water partition coefficient (Wildman–Crippen LogP) is 2.72. The number of anilines is 1. The first-order chi connectivity index (χ1) is 9.13. The number of aromatic nitrogens is 3. The zero-order chi connectivity index (χ0) is 13.4. The summed E-state index contributed by atoms with van der Waals surface area (Å²) in [5.41, 5.74) is 9.32. The number of fused-ring (bicyclic) bond motifs is 1. The van der Waals surface area contributed by atoms with Crippen LogP contribution in [0.2, 0.25) is 0 Å². The van der Waals surface area contributed by atoms with E-state index in [1.165, 1.54) is 0 Å². The van der Waals surface area contributed by atoms with Crippen molar-refractivity contribution in [2.45, 2.75) is 13.8 Å². The van der Waals surface area contributed by atoms with Gasteiger partial charge in [-0.3, -0.25) is 0 Å². The summed E-state index contributed by atoms with van der Waals surface area (Å²) < 4.78 is 7.56. The first-order valence-electron chi connectivity index (χ1n) is 5.98. The third-order valence-corrected chi connectivity index (χ3v) is 2.85. The zero-order valence-corrected chi connectivity index (χ0v) is 10.8. The fourth-order valence-corrected chi connectivity index (χ4v) is 1.93. The first-order valence-corrected chi connectivity index (χ1v) is 5.98. The number of rotatable bonds is 2. The molecule has 0 saturated carbocycles. The summed E-state index contributed by atoms with van der Waals surface area (Å²) in [6.07, 6.45) is 3.44. The van der Waals surface area contributed by atoms with Gasteiger partial charge in [0.05, 0.1) is 11.4 Å². The Morgan fingerprint density at radius 1 is 1.21 bits per heavy atom. The van der Waals surface area contributed by atoms with E-state index in [9.17, 15) is 0 Å². The van der Waals surface area contributed by atoms with Crippen LogP contribution in [0.5, 0.6) is 11.6 Å². The maximum Gasteiger partial charge on any atom is 0.245 e. The van der Waals surface area contributed by atoms with Gasteiger partial charge in [-0.15, -0.1) is 0 Å². The van der Waals surface area contributed by atoms with Gasteiger partial charge in [-0.25, -0.2) is 9.50 Å². The molecule has 96 valence electrons. The van der Waals surface area contributed by atoms with Crippen molar-refractivity contribution in [3.63, 3.8) is 0 Å². The summed E-state index contributed by atoms with van der Waals surface area (Å²) in [4.78, 5) is 4.25. The van der Waals surface area contributed by atoms with Crippen LogP contribution < -0.4 is 10.5 Å². The van der Waals surface area contributed by atoms with Gasteiger partial charge < -0.3 is 10.5 Å². The van der Waals surface area contributed by atoms with E-state index < -0.39 is 0 Å². The molecule has 5 heteroatoms. The molecule has 0 saturated heterocycles. The maximum absolute atomic E-state index is 5.91.